The quantitative estimate of drug-likeness (QED) is 0.676. The number of carboxylic acids is 1. The largest absolute Gasteiger partial charge is 0.480 e. The molecule has 1 unspecified atom stereocenters. The zero-order chi connectivity index (χ0) is 13.6. The number of carbonyl (C=O) groups is 2. The number of nitrogens with one attached hydrogen (secondary N) is 1. The van der Waals surface area contributed by atoms with Crippen LogP contribution in [0.2, 0.25) is 0 Å². The van der Waals surface area contributed by atoms with Gasteiger partial charge in [-0.25, -0.2) is 13.2 Å². The van der Waals surface area contributed by atoms with Crippen molar-refractivity contribution < 1.29 is 23.1 Å². The van der Waals surface area contributed by atoms with Crippen molar-refractivity contribution in [3.05, 3.63) is 0 Å². The fourth-order valence-electron chi connectivity index (χ4n) is 1.21. The first-order chi connectivity index (χ1) is 7.67. The minimum atomic E-state index is -3.21. The van der Waals surface area contributed by atoms with Gasteiger partial charge in [-0.05, 0) is 5.92 Å². The second kappa shape index (κ2) is 6.58. The normalized spacial score (nSPS) is 15.0. The molecule has 1 amide bonds. The monoisotopic (exact) mass is 265 g/mol. The second-order valence-electron chi connectivity index (χ2n) is 4.15. The average Bonchev–Trinajstić information content (AvgIpc) is 2.20. The van der Waals surface area contributed by atoms with Crippen LogP contribution in [0.15, 0.2) is 0 Å². The van der Waals surface area contributed by atoms with Gasteiger partial charge in [-0.1, -0.05) is 20.3 Å². The Labute approximate surface area is 101 Å². The maximum atomic E-state index is 11.4. The highest BCUT2D eigenvalue weighted by Crippen LogP contribution is 2.08. The molecular weight excluding hydrogens is 246 g/mol. The molecule has 0 aliphatic carbocycles. The molecule has 0 saturated carbocycles. The molecule has 0 spiro atoms. The lowest BCUT2D eigenvalue weighted by atomic mass is 9.99. The van der Waals surface area contributed by atoms with E-state index in [1.807, 2.05) is 6.92 Å². The van der Waals surface area contributed by atoms with Crippen LogP contribution in [0.1, 0.15) is 26.7 Å². The number of hydrogen-bond acceptors (Lipinski definition) is 4. The summed E-state index contributed by atoms with van der Waals surface area (Å²) in [6.45, 7) is 3.54. The van der Waals surface area contributed by atoms with Crippen LogP contribution < -0.4 is 5.32 Å². The van der Waals surface area contributed by atoms with Crippen molar-refractivity contribution in [2.45, 2.75) is 32.7 Å². The molecule has 0 saturated heterocycles. The third kappa shape index (κ3) is 6.93. The van der Waals surface area contributed by atoms with E-state index in [-0.39, 0.29) is 18.1 Å². The molecule has 6 nitrogen and oxygen atoms in total. The van der Waals surface area contributed by atoms with Crippen molar-refractivity contribution in [2.75, 3.05) is 12.0 Å². The van der Waals surface area contributed by atoms with Crippen molar-refractivity contribution in [2.24, 2.45) is 5.92 Å². The molecule has 0 aromatic carbocycles. The lowest BCUT2D eigenvalue weighted by molar-refractivity contribution is -0.143. The van der Waals surface area contributed by atoms with Gasteiger partial charge in [0.2, 0.25) is 5.91 Å². The Morgan fingerprint density at radius 3 is 2.24 bits per heavy atom. The Kier molecular flexibility index (Phi) is 6.15. The maximum absolute atomic E-state index is 11.4. The zero-order valence-corrected chi connectivity index (χ0v) is 11.1. The molecule has 0 aromatic heterocycles. The van der Waals surface area contributed by atoms with Crippen LogP contribution in [0.5, 0.6) is 0 Å². The summed E-state index contributed by atoms with van der Waals surface area (Å²) >= 11 is 0. The SMILES string of the molecule is CCC(C)[C@H](NC(=O)CCS(C)(=O)=O)C(=O)O. The van der Waals surface area contributed by atoms with Crippen LogP contribution in [-0.2, 0) is 19.4 Å². The number of amides is 1. The van der Waals surface area contributed by atoms with Crippen molar-refractivity contribution in [3.63, 3.8) is 0 Å². The van der Waals surface area contributed by atoms with Crippen molar-refractivity contribution >= 4 is 21.7 Å². The molecule has 0 bridgehead atoms. The van der Waals surface area contributed by atoms with Gasteiger partial charge in [0.05, 0.1) is 5.75 Å². The molecule has 17 heavy (non-hydrogen) atoms. The summed E-state index contributed by atoms with van der Waals surface area (Å²) in [7, 11) is -3.21. The van der Waals surface area contributed by atoms with E-state index in [0.717, 1.165) is 6.26 Å². The van der Waals surface area contributed by atoms with Gasteiger partial charge in [-0.15, -0.1) is 0 Å². The molecular formula is C10H19NO5S. The van der Waals surface area contributed by atoms with Crippen LogP contribution in [0, 0.1) is 5.92 Å². The molecule has 0 heterocycles. The highest BCUT2D eigenvalue weighted by molar-refractivity contribution is 7.90. The fourth-order valence-corrected chi connectivity index (χ4v) is 1.76. The summed E-state index contributed by atoms with van der Waals surface area (Å²) in [5.41, 5.74) is 0. The standard InChI is InChI=1S/C10H19NO5S/c1-4-7(2)9(10(13)14)11-8(12)5-6-17(3,15)16/h7,9H,4-6H2,1-3H3,(H,11,12)(H,13,14)/t7?,9-/m0/s1. The molecule has 2 atom stereocenters. The third-order valence-electron chi connectivity index (χ3n) is 2.50. The van der Waals surface area contributed by atoms with Crippen molar-refractivity contribution in [3.8, 4) is 0 Å². The number of sulfone groups is 1. The predicted molar refractivity (Wildman–Crippen MR) is 63.3 cm³/mol. The van der Waals surface area contributed by atoms with Gasteiger partial charge in [-0.2, -0.15) is 0 Å². The van der Waals surface area contributed by atoms with Crippen molar-refractivity contribution in [1.29, 1.82) is 0 Å². The summed E-state index contributed by atoms with van der Waals surface area (Å²) in [6.07, 6.45) is 1.44. The summed E-state index contributed by atoms with van der Waals surface area (Å²) in [5, 5.41) is 11.3. The highest BCUT2D eigenvalue weighted by atomic mass is 32.2. The number of carboxylic acid groups (broad SMARTS) is 1. The maximum Gasteiger partial charge on any atom is 0.326 e. The summed E-state index contributed by atoms with van der Waals surface area (Å²) in [4.78, 5) is 22.3. The topological polar surface area (TPSA) is 101 Å². The smallest absolute Gasteiger partial charge is 0.326 e. The number of hydrogen-bond donors (Lipinski definition) is 2. The molecule has 0 fully saturated rings. The summed E-state index contributed by atoms with van der Waals surface area (Å²) in [6, 6.07) is -0.966. The van der Waals surface area contributed by atoms with Crippen LogP contribution in [0.25, 0.3) is 0 Å². The first-order valence-electron chi connectivity index (χ1n) is 5.37. The van der Waals surface area contributed by atoms with E-state index < -0.39 is 27.8 Å². The Morgan fingerprint density at radius 1 is 1.35 bits per heavy atom. The van der Waals surface area contributed by atoms with E-state index in [1.165, 1.54) is 0 Å². The van der Waals surface area contributed by atoms with E-state index in [2.05, 4.69) is 5.32 Å². The fraction of sp³-hybridized carbons (Fsp3) is 0.800. The van der Waals surface area contributed by atoms with E-state index >= 15 is 0 Å². The van der Waals surface area contributed by atoms with Gasteiger partial charge in [-0.3, -0.25) is 4.79 Å². The molecule has 0 radical (unpaired) electrons. The molecule has 0 aliphatic rings. The van der Waals surface area contributed by atoms with Crippen LogP contribution >= 0.6 is 0 Å². The van der Waals surface area contributed by atoms with E-state index in [1.54, 1.807) is 6.92 Å². The molecule has 100 valence electrons. The lowest BCUT2D eigenvalue weighted by Gasteiger charge is -2.19. The van der Waals surface area contributed by atoms with Gasteiger partial charge < -0.3 is 10.4 Å². The molecule has 0 aliphatic heterocycles. The van der Waals surface area contributed by atoms with Crippen LogP contribution in [0.3, 0.4) is 0 Å². The second-order valence-corrected chi connectivity index (χ2v) is 6.41. The summed E-state index contributed by atoms with van der Waals surface area (Å²) < 4.78 is 21.7. The number of rotatable bonds is 7. The molecule has 0 aromatic rings. The lowest BCUT2D eigenvalue weighted by Crippen LogP contribution is -2.45. The molecule has 2 N–H and O–H groups in total. The number of carbonyl (C=O) groups excluding carboxylic acids is 1. The van der Waals surface area contributed by atoms with Crippen LogP contribution in [0.4, 0.5) is 0 Å². The number of aliphatic carboxylic acids is 1. The summed E-state index contributed by atoms with van der Waals surface area (Å²) in [5.74, 6) is -2.13. The minimum absolute atomic E-state index is 0.199. The van der Waals surface area contributed by atoms with Crippen LogP contribution in [-0.4, -0.2) is 43.5 Å². The molecule has 7 heteroatoms. The van der Waals surface area contributed by atoms with Gasteiger partial charge in [0, 0.05) is 12.7 Å². The Balaban J connectivity index is 4.37. The van der Waals surface area contributed by atoms with Gasteiger partial charge in [0.25, 0.3) is 0 Å². The van der Waals surface area contributed by atoms with Gasteiger partial charge in [0.15, 0.2) is 0 Å². The zero-order valence-electron chi connectivity index (χ0n) is 10.3. The van der Waals surface area contributed by atoms with E-state index in [4.69, 9.17) is 5.11 Å². The predicted octanol–water partition coefficient (Wildman–Crippen LogP) is 0.0366. The minimum Gasteiger partial charge on any atom is -0.480 e. The molecule has 0 rings (SSSR count). The van der Waals surface area contributed by atoms with Gasteiger partial charge >= 0.3 is 5.97 Å². The first kappa shape index (κ1) is 15.9. The van der Waals surface area contributed by atoms with E-state index in [9.17, 15) is 18.0 Å². The average molecular weight is 265 g/mol. The highest BCUT2D eigenvalue weighted by Gasteiger charge is 2.25. The Hall–Kier alpha value is -1.11. The Bertz CT molecular complexity index is 376. The van der Waals surface area contributed by atoms with E-state index in [0.29, 0.717) is 6.42 Å². The van der Waals surface area contributed by atoms with Gasteiger partial charge in [0.1, 0.15) is 15.9 Å². The first-order valence-corrected chi connectivity index (χ1v) is 7.43. The third-order valence-corrected chi connectivity index (χ3v) is 3.44. The van der Waals surface area contributed by atoms with Crippen molar-refractivity contribution in [1.82, 2.24) is 5.32 Å². The Morgan fingerprint density at radius 2 is 1.88 bits per heavy atom.